The minimum absolute atomic E-state index is 0.203. The lowest BCUT2D eigenvalue weighted by Gasteiger charge is -2.28. The first-order valence-electron chi connectivity index (χ1n) is 6.54. The lowest BCUT2D eigenvalue weighted by Crippen LogP contribution is -2.42. The van der Waals surface area contributed by atoms with E-state index in [0.717, 1.165) is 39.0 Å². The molecule has 1 aliphatic heterocycles. The Balaban J connectivity index is 2.20. The summed E-state index contributed by atoms with van der Waals surface area (Å²) >= 11 is 0. The lowest BCUT2D eigenvalue weighted by atomic mass is 9.93. The Morgan fingerprint density at radius 3 is 2.41 bits per heavy atom. The summed E-state index contributed by atoms with van der Waals surface area (Å²) in [5, 5.41) is 3.29. The second-order valence-electron chi connectivity index (χ2n) is 6.09. The number of hydrogen-bond acceptors (Lipinski definition) is 3. The van der Waals surface area contributed by atoms with Crippen LogP contribution in [-0.4, -0.2) is 62.5 Å². The number of nitrogens with zero attached hydrogens (tertiary/aromatic N) is 2. The van der Waals surface area contributed by atoms with Gasteiger partial charge in [-0.3, -0.25) is 4.79 Å². The molecule has 4 nitrogen and oxygen atoms in total. The zero-order chi connectivity index (χ0) is 12.9. The SMILES string of the molecule is CN(C)CC(C)(C)CNCC(=O)N1CCCC1. The number of amides is 1. The highest BCUT2D eigenvalue weighted by Crippen LogP contribution is 2.14. The second kappa shape index (κ2) is 6.36. The molecule has 1 fully saturated rings. The Labute approximate surface area is 105 Å². The van der Waals surface area contributed by atoms with Crippen LogP contribution in [0.5, 0.6) is 0 Å². The van der Waals surface area contributed by atoms with Crippen molar-refractivity contribution in [1.29, 1.82) is 0 Å². The zero-order valence-electron chi connectivity index (χ0n) is 11.8. The van der Waals surface area contributed by atoms with E-state index in [4.69, 9.17) is 0 Å². The highest BCUT2D eigenvalue weighted by molar-refractivity contribution is 5.78. The number of hydrogen-bond donors (Lipinski definition) is 1. The average Bonchev–Trinajstić information content (AvgIpc) is 2.67. The first kappa shape index (κ1) is 14.5. The Hall–Kier alpha value is -0.610. The molecule has 17 heavy (non-hydrogen) atoms. The Kier molecular flexibility index (Phi) is 5.40. The van der Waals surface area contributed by atoms with Crippen molar-refractivity contribution in [1.82, 2.24) is 15.1 Å². The molecular formula is C13H27N3O. The van der Waals surface area contributed by atoms with Crippen LogP contribution < -0.4 is 5.32 Å². The first-order chi connectivity index (χ1) is 7.91. The molecule has 0 aromatic heterocycles. The van der Waals surface area contributed by atoms with Gasteiger partial charge >= 0.3 is 0 Å². The van der Waals surface area contributed by atoms with Crippen LogP contribution in [0.4, 0.5) is 0 Å². The van der Waals surface area contributed by atoms with Crippen molar-refractivity contribution in [3.63, 3.8) is 0 Å². The first-order valence-corrected chi connectivity index (χ1v) is 6.54. The van der Waals surface area contributed by atoms with Gasteiger partial charge in [0.25, 0.3) is 0 Å². The Bertz CT molecular complexity index is 245. The third-order valence-corrected chi connectivity index (χ3v) is 3.08. The molecule has 1 amide bonds. The summed E-state index contributed by atoms with van der Waals surface area (Å²) in [6, 6.07) is 0. The van der Waals surface area contributed by atoms with Gasteiger partial charge in [-0.05, 0) is 32.4 Å². The highest BCUT2D eigenvalue weighted by atomic mass is 16.2. The van der Waals surface area contributed by atoms with Crippen molar-refractivity contribution in [2.45, 2.75) is 26.7 Å². The molecule has 0 aromatic carbocycles. The molecule has 1 heterocycles. The highest BCUT2D eigenvalue weighted by Gasteiger charge is 2.21. The molecule has 100 valence electrons. The molecule has 1 N–H and O–H groups in total. The Morgan fingerprint density at radius 2 is 1.88 bits per heavy atom. The summed E-state index contributed by atoms with van der Waals surface area (Å²) in [5.41, 5.74) is 0.203. The van der Waals surface area contributed by atoms with E-state index in [1.54, 1.807) is 0 Å². The molecule has 1 saturated heterocycles. The van der Waals surface area contributed by atoms with Gasteiger partial charge in [-0.25, -0.2) is 0 Å². The Morgan fingerprint density at radius 1 is 1.29 bits per heavy atom. The fraction of sp³-hybridized carbons (Fsp3) is 0.923. The smallest absolute Gasteiger partial charge is 0.236 e. The van der Waals surface area contributed by atoms with E-state index in [1.165, 1.54) is 0 Å². The van der Waals surface area contributed by atoms with Crippen LogP contribution in [0.15, 0.2) is 0 Å². The van der Waals surface area contributed by atoms with Gasteiger partial charge in [0.2, 0.25) is 5.91 Å². The summed E-state index contributed by atoms with van der Waals surface area (Å²) < 4.78 is 0. The van der Waals surface area contributed by atoms with Crippen LogP contribution in [-0.2, 0) is 4.79 Å². The van der Waals surface area contributed by atoms with E-state index >= 15 is 0 Å². The van der Waals surface area contributed by atoms with Crippen LogP contribution in [0.25, 0.3) is 0 Å². The van der Waals surface area contributed by atoms with Crippen molar-refractivity contribution in [3.8, 4) is 0 Å². The van der Waals surface area contributed by atoms with Gasteiger partial charge in [0.1, 0.15) is 0 Å². The average molecular weight is 241 g/mol. The number of nitrogens with one attached hydrogen (secondary N) is 1. The third kappa shape index (κ3) is 5.50. The van der Waals surface area contributed by atoms with Crippen molar-refractivity contribution in [3.05, 3.63) is 0 Å². The van der Waals surface area contributed by atoms with Crippen LogP contribution in [0, 0.1) is 5.41 Å². The number of carbonyl (C=O) groups is 1. The fourth-order valence-corrected chi connectivity index (χ4v) is 2.50. The van der Waals surface area contributed by atoms with Gasteiger partial charge in [0.15, 0.2) is 0 Å². The van der Waals surface area contributed by atoms with Crippen molar-refractivity contribution in [2.75, 3.05) is 46.8 Å². The van der Waals surface area contributed by atoms with Crippen molar-refractivity contribution in [2.24, 2.45) is 5.41 Å². The molecule has 0 atom stereocenters. The minimum Gasteiger partial charge on any atom is -0.342 e. The standard InChI is InChI=1S/C13H27N3O/c1-13(2,11-15(3)4)10-14-9-12(17)16-7-5-6-8-16/h14H,5-11H2,1-4H3. The topological polar surface area (TPSA) is 35.6 Å². The maximum atomic E-state index is 11.8. The molecule has 0 bridgehead atoms. The van der Waals surface area contributed by atoms with Crippen LogP contribution in [0.2, 0.25) is 0 Å². The van der Waals surface area contributed by atoms with Crippen molar-refractivity contribution >= 4 is 5.91 Å². The monoisotopic (exact) mass is 241 g/mol. The van der Waals surface area contributed by atoms with E-state index in [2.05, 4.69) is 38.2 Å². The molecule has 0 spiro atoms. The summed E-state index contributed by atoms with van der Waals surface area (Å²) in [7, 11) is 4.16. The van der Waals surface area contributed by atoms with Gasteiger partial charge in [-0.1, -0.05) is 13.8 Å². The number of rotatable bonds is 6. The third-order valence-electron chi connectivity index (χ3n) is 3.08. The largest absolute Gasteiger partial charge is 0.342 e. The maximum Gasteiger partial charge on any atom is 0.236 e. The molecule has 1 aliphatic rings. The molecule has 0 saturated carbocycles. The van der Waals surface area contributed by atoms with E-state index in [1.807, 2.05) is 4.90 Å². The molecule has 0 unspecified atom stereocenters. The van der Waals surface area contributed by atoms with Crippen LogP contribution in [0.3, 0.4) is 0 Å². The maximum absolute atomic E-state index is 11.8. The van der Waals surface area contributed by atoms with Crippen LogP contribution in [0.1, 0.15) is 26.7 Å². The summed E-state index contributed by atoms with van der Waals surface area (Å²) in [4.78, 5) is 16.0. The fourth-order valence-electron chi connectivity index (χ4n) is 2.50. The molecular weight excluding hydrogens is 214 g/mol. The predicted molar refractivity (Wildman–Crippen MR) is 71.0 cm³/mol. The van der Waals surface area contributed by atoms with E-state index in [9.17, 15) is 4.79 Å². The molecule has 4 heteroatoms. The van der Waals surface area contributed by atoms with Crippen molar-refractivity contribution < 1.29 is 4.79 Å². The zero-order valence-corrected chi connectivity index (χ0v) is 11.8. The molecule has 1 rings (SSSR count). The molecule has 0 aromatic rings. The van der Waals surface area contributed by atoms with Crippen LogP contribution >= 0.6 is 0 Å². The summed E-state index contributed by atoms with van der Waals surface area (Å²) in [6.45, 7) is 8.73. The molecule has 0 aliphatic carbocycles. The normalized spacial score (nSPS) is 16.9. The lowest BCUT2D eigenvalue weighted by molar-refractivity contribution is -0.129. The van der Waals surface area contributed by atoms with Gasteiger partial charge in [0, 0.05) is 26.2 Å². The van der Waals surface area contributed by atoms with Gasteiger partial charge in [-0.15, -0.1) is 0 Å². The number of likely N-dealkylation sites (tertiary alicyclic amines) is 1. The van der Waals surface area contributed by atoms with Gasteiger partial charge < -0.3 is 15.1 Å². The summed E-state index contributed by atoms with van der Waals surface area (Å²) in [6.07, 6.45) is 2.33. The predicted octanol–water partition coefficient (Wildman–Crippen LogP) is 0.786. The minimum atomic E-state index is 0.203. The number of carbonyl (C=O) groups excluding carboxylic acids is 1. The second-order valence-corrected chi connectivity index (χ2v) is 6.09. The van der Waals surface area contributed by atoms with E-state index in [-0.39, 0.29) is 11.3 Å². The quantitative estimate of drug-likeness (QED) is 0.747. The van der Waals surface area contributed by atoms with E-state index in [0.29, 0.717) is 6.54 Å². The van der Waals surface area contributed by atoms with Gasteiger partial charge in [-0.2, -0.15) is 0 Å². The van der Waals surface area contributed by atoms with E-state index < -0.39 is 0 Å². The molecule has 0 radical (unpaired) electrons. The van der Waals surface area contributed by atoms with Gasteiger partial charge in [0.05, 0.1) is 6.54 Å². The summed E-state index contributed by atoms with van der Waals surface area (Å²) in [5.74, 6) is 0.253.